The van der Waals surface area contributed by atoms with Gasteiger partial charge in [0, 0.05) is 31.9 Å². The molecular formula is C14H18N2O2. The Hall–Kier alpha value is -1.81. The van der Waals surface area contributed by atoms with Crippen molar-refractivity contribution in [2.45, 2.75) is 13.0 Å². The Balaban J connectivity index is 2.34. The second-order valence-electron chi connectivity index (χ2n) is 4.86. The lowest BCUT2D eigenvalue weighted by atomic mass is 10.1. The predicted octanol–water partition coefficient (Wildman–Crippen LogP) is 1.71. The molecule has 0 spiro atoms. The van der Waals surface area contributed by atoms with Crippen LogP contribution in [-0.4, -0.2) is 31.7 Å². The molecule has 1 amide bonds. The number of rotatable bonds is 3. The normalized spacial score (nSPS) is 17.9. The van der Waals surface area contributed by atoms with Gasteiger partial charge in [0.1, 0.15) is 0 Å². The Morgan fingerprint density at radius 2 is 2.22 bits per heavy atom. The topological polar surface area (TPSA) is 43.8 Å². The molecule has 1 heterocycles. The maximum Gasteiger partial charge on any atom is 0.260 e. The van der Waals surface area contributed by atoms with Crippen LogP contribution in [0.5, 0.6) is 0 Å². The lowest BCUT2D eigenvalue weighted by Crippen LogP contribution is -2.24. The van der Waals surface area contributed by atoms with Crippen LogP contribution in [0.2, 0.25) is 0 Å². The van der Waals surface area contributed by atoms with Gasteiger partial charge < -0.3 is 14.9 Å². The lowest BCUT2D eigenvalue weighted by molar-refractivity contribution is -0.125. The van der Waals surface area contributed by atoms with E-state index in [9.17, 15) is 9.90 Å². The Morgan fingerprint density at radius 3 is 2.83 bits per heavy atom. The molecule has 2 rings (SSSR count). The summed E-state index contributed by atoms with van der Waals surface area (Å²) in [7, 11) is 3.66. The third-order valence-electron chi connectivity index (χ3n) is 3.18. The van der Waals surface area contributed by atoms with Crippen LogP contribution in [0.3, 0.4) is 0 Å². The van der Waals surface area contributed by atoms with E-state index in [1.807, 2.05) is 32.2 Å². The van der Waals surface area contributed by atoms with E-state index in [4.69, 9.17) is 0 Å². The van der Waals surface area contributed by atoms with Gasteiger partial charge in [-0.05, 0) is 19.1 Å². The zero-order chi connectivity index (χ0) is 13.4. The average Bonchev–Trinajstić information content (AvgIpc) is 2.53. The van der Waals surface area contributed by atoms with E-state index < -0.39 is 6.10 Å². The van der Waals surface area contributed by atoms with Gasteiger partial charge in [0.15, 0.2) is 6.10 Å². The van der Waals surface area contributed by atoms with Crippen molar-refractivity contribution in [3.8, 4) is 0 Å². The molecule has 4 nitrogen and oxygen atoms in total. The van der Waals surface area contributed by atoms with Gasteiger partial charge in [-0.25, -0.2) is 0 Å². The molecule has 0 fully saturated rings. The van der Waals surface area contributed by atoms with Crippen molar-refractivity contribution in [1.82, 2.24) is 0 Å². The molecular weight excluding hydrogens is 228 g/mol. The fraction of sp³-hybridized carbons (Fsp3) is 0.357. The second-order valence-corrected chi connectivity index (χ2v) is 4.86. The summed E-state index contributed by atoms with van der Waals surface area (Å²) < 4.78 is 0. The highest BCUT2D eigenvalue weighted by atomic mass is 16.3. The number of fused-ring (bicyclic) bond motifs is 1. The first-order chi connectivity index (χ1) is 8.41. The Bertz CT molecular complexity index is 511. The summed E-state index contributed by atoms with van der Waals surface area (Å²) in [4.78, 5) is 15.2. The van der Waals surface area contributed by atoms with E-state index in [0.29, 0.717) is 5.56 Å². The van der Waals surface area contributed by atoms with Crippen LogP contribution < -0.4 is 9.80 Å². The predicted molar refractivity (Wildman–Crippen MR) is 72.9 cm³/mol. The SMILES string of the molecule is C=C(C)CN(C)c1ccc2c(c1)N(C)C(=O)C2O. The number of likely N-dealkylation sites (N-methyl/N-ethyl adjacent to an activating group) is 2. The van der Waals surface area contributed by atoms with E-state index >= 15 is 0 Å². The van der Waals surface area contributed by atoms with E-state index in [1.54, 1.807) is 7.05 Å². The number of carbonyl (C=O) groups is 1. The fourth-order valence-electron chi connectivity index (χ4n) is 2.22. The van der Waals surface area contributed by atoms with E-state index in [1.165, 1.54) is 4.90 Å². The molecule has 96 valence electrons. The molecule has 1 unspecified atom stereocenters. The van der Waals surface area contributed by atoms with Crippen molar-refractivity contribution in [3.05, 3.63) is 35.9 Å². The van der Waals surface area contributed by atoms with Crippen LogP contribution in [-0.2, 0) is 4.79 Å². The van der Waals surface area contributed by atoms with Crippen LogP contribution in [0.1, 0.15) is 18.6 Å². The van der Waals surface area contributed by atoms with Gasteiger partial charge >= 0.3 is 0 Å². The lowest BCUT2D eigenvalue weighted by Gasteiger charge is -2.21. The van der Waals surface area contributed by atoms with Crippen molar-refractivity contribution in [2.24, 2.45) is 0 Å². The van der Waals surface area contributed by atoms with E-state index in [-0.39, 0.29) is 5.91 Å². The third kappa shape index (κ3) is 1.99. The van der Waals surface area contributed by atoms with Crippen LogP contribution in [0.15, 0.2) is 30.4 Å². The zero-order valence-corrected chi connectivity index (χ0v) is 11.0. The third-order valence-corrected chi connectivity index (χ3v) is 3.18. The number of carbonyl (C=O) groups excluding carboxylic acids is 1. The van der Waals surface area contributed by atoms with Gasteiger partial charge in [0.25, 0.3) is 5.91 Å². The van der Waals surface area contributed by atoms with Gasteiger partial charge in [-0.15, -0.1) is 0 Å². The highest BCUT2D eigenvalue weighted by Gasteiger charge is 2.33. The fourth-order valence-corrected chi connectivity index (χ4v) is 2.22. The summed E-state index contributed by atoms with van der Waals surface area (Å²) in [5, 5.41) is 9.78. The largest absolute Gasteiger partial charge is 0.378 e. The molecule has 1 aromatic carbocycles. The molecule has 1 aliphatic rings. The molecule has 1 aliphatic heterocycles. The van der Waals surface area contributed by atoms with Gasteiger partial charge in [-0.1, -0.05) is 18.2 Å². The first kappa shape index (κ1) is 12.6. The molecule has 0 aromatic heterocycles. The van der Waals surface area contributed by atoms with Crippen molar-refractivity contribution in [1.29, 1.82) is 0 Å². The highest BCUT2D eigenvalue weighted by molar-refractivity contribution is 6.03. The summed E-state index contributed by atoms with van der Waals surface area (Å²) in [5.41, 5.74) is 3.53. The quantitative estimate of drug-likeness (QED) is 0.826. The standard InChI is InChI=1S/C14H18N2O2/c1-9(2)8-15(3)10-5-6-11-12(7-10)16(4)14(18)13(11)17/h5-7,13,17H,1,8H2,2-4H3. The summed E-state index contributed by atoms with van der Waals surface area (Å²) in [5.74, 6) is -0.273. The van der Waals surface area contributed by atoms with E-state index in [0.717, 1.165) is 23.5 Å². The number of anilines is 2. The number of amides is 1. The monoisotopic (exact) mass is 246 g/mol. The molecule has 1 atom stereocenters. The summed E-state index contributed by atoms with van der Waals surface area (Å²) >= 11 is 0. The minimum absolute atomic E-state index is 0.273. The first-order valence-electron chi connectivity index (χ1n) is 5.87. The number of hydrogen-bond donors (Lipinski definition) is 1. The van der Waals surface area contributed by atoms with Gasteiger partial charge in [0.2, 0.25) is 0 Å². The smallest absolute Gasteiger partial charge is 0.260 e. The molecule has 1 N–H and O–H groups in total. The van der Waals surface area contributed by atoms with Crippen LogP contribution in [0, 0.1) is 0 Å². The Morgan fingerprint density at radius 1 is 1.56 bits per heavy atom. The molecule has 0 saturated heterocycles. The minimum atomic E-state index is -1.02. The van der Waals surface area contributed by atoms with Crippen molar-refractivity contribution in [2.75, 3.05) is 30.4 Å². The van der Waals surface area contributed by atoms with Crippen molar-refractivity contribution >= 4 is 17.3 Å². The number of benzene rings is 1. The van der Waals surface area contributed by atoms with Gasteiger partial charge in [-0.2, -0.15) is 0 Å². The number of hydrogen-bond acceptors (Lipinski definition) is 3. The molecule has 1 aromatic rings. The van der Waals surface area contributed by atoms with Crippen molar-refractivity contribution < 1.29 is 9.90 Å². The zero-order valence-electron chi connectivity index (χ0n) is 11.0. The second kappa shape index (κ2) is 4.46. The Kier molecular flexibility index (Phi) is 3.13. The maximum absolute atomic E-state index is 11.7. The Labute approximate surface area is 107 Å². The number of aliphatic hydroxyl groups excluding tert-OH is 1. The molecule has 0 aliphatic carbocycles. The maximum atomic E-state index is 11.7. The molecule has 18 heavy (non-hydrogen) atoms. The summed E-state index contributed by atoms with van der Waals surface area (Å²) in [6.45, 7) is 6.62. The summed E-state index contributed by atoms with van der Waals surface area (Å²) in [6.07, 6.45) is -1.02. The van der Waals surface area contributed by atoms with Crippen LogP contribution in [0.25, 0.3) is 0 Å². The van der Waals surface area contributed by atoms with Gasteiger partial charge in [-0.3, -0.25) is 4.79 Å². The first-order valence-corrected chi connectivity index (χ1v) is 5.87. The summed E-state index contributed by atoms with van der Waals surface area (Å²) in [6, 6.07) is 5.65. The average molecular weight is 246 g/mol. The van der Waals surface area contributed by atoms with E-state index in [2.05, 4.69) is 11.5 Å². The van der Waals surface area contributed by atoms with Crippen LogP contribution >= 0.6 is 0 Å². The van der Waals surface area contributed by atoms with Crippen molar-refractivity contribution in [3.63, 3.8) is 0 Å². The molecule has 4 heteroatoms. The van der Waals surface area contributed by atoms with Crippen LogP contribution in [0.4, 0.5) is 11.4 Å². The molecule has 0 bridgehead atoms. The molecule has 0 saturated carbocycles. The highest BCUT2D eigenvalue weighted by Crippen LogP contribution is 2.37. The molecule has 0 radical (unpaired) electrons. The minimum Gasteiger partial charge on any atom is -0.378 e. The van der Waals surface area contributed by atoms with Gasteiger partial charge in [0.05, 0.1) is 5.69 Å². The number of aliphatic hydroxyl groups is 1. The number of nitrogens with zero attached hydrogens (tertiary/aromatic N) is 2.